The van der Waals surface area contributed by atoms with Gasteiger partial charge in [-0.3, -0.25) is 4.90 Å². The maximum Gasteiger partial charge on any atom is 0.573 e. The smallest absolute Gasteiger partial charge is 0.406 e. The van der Waals surface area contributed by atoms with E-state index in [2.05, 4.69) is 35.9 Å². The number of ether oxygens (including phenoxy) is 1. The molecule has 134 valence electrons. The van der Waals surface area contributed by atoms with Gasteiger partial charge >= 0.3 is 6.36 Å². The van der Waals surface area contributed by atoms with Crippen LogP contribution in [0, 0.1) is 0 Å². The van der Waals surface area contributed by atoms with E-state index in [4.69, 9.17) is 0 Å². The van der Waals surface area contributed by atoms with Crippen LogP contribution in [0.3, 0.4) is 0 Å². The lowest BCUT2D eigenvalue weighted by atomic mass is 10.0. The van der Waals surface area contributed by atoms with Crippen LogP contribution in [0.2, 0.25) is 0 Å². The summed E-state index contributed by atoms with van der Waals surface area (Å²) in [5, 5.41) is 3.30. The molecular weight excluding hydrogens is 399 g/mol. The molecule has 0 amide bonds. The van der Waals surface area contributed by atoms with Crippen molar-refractivity contribution in [2.45, 2.75) is 12.4 Å². The fourth-order valence-corrected chi connectivity index (χ4v) is 3.29. The van der Waals surface area contributed by atoms with Crippen LogP contribution >= 0.6 is 15.9 Å². The minimum atomic E-state index is -4.69. The van der Waals surface area contributed by atoms with Crippen LogP contribution in [0.15, 0.2) is 47.1 Å². The fourth-order valence-electron chi connectivity index (χ4n) is 2.94. The first-order chi connectivity index (χ1) is 11.9. The number of nitrogens with zero attached hydrogens (tertiary/aromatic N) is 2. The molecule has 8 heteroatoms. The summed E-state index contributed by atoms with van der Waals surface area (Å²) in [5.41, 5.74) is 1.72. The van der Waals surface area contributed by atoms with Gasteiger partial charge in [0.15, 0.2) is 0 Å². The summed E-state index contributed by atoms with van der Waals surface area (Å²) in [6, 6.07) is 11.6. The minimum absolute atomic E-state index is 0.125. The van der Waals surface area contributed by atoms with E-state index >= 15 is 0 Å². The van der Waals surface area contributed by atoms with Gasteiger partial charge in [0.25, 0.3) is 0 Å². The van der Waals surface area contributed by atoms with Crippen LogP contribution < -0.4 is 10.1 Å². The predicted octanol–water partition coefficient (Wildman–Crippen LogP) is 3.74. The number of hydrogen-bond acceptors (Lipinski definition) is 4. The van der Waals surface area contributed by atoms with Gasteiger partial charge in [0.2, 0.25) is 0 Å². The van der Waals surface area contributed by atoms with Crippen molar-refractivity contribution in [1.29, 1.82) is 0 Å². The molecule has 2 aromatic rings. The van der Waals surface area contributed by atoms with Crippen molar-refractivity contribution >= 4 is 15.9 Å². The maximum atomic E-state index is 12.3. The number of halogens is 4. The van der Waals surface area contributed by atoms with Gasteiger partial charge in [-0.15, -0.1) is 13.2 Å². The van der Waals surface area contributed by atoms with Crippen LogP contribution in [0.5, 0.6) is 5.75 Å². The highest BCUT2D eigenvalue weighted by Crippen LogP contribution is 2.31. The molecule has 1 N–H and O–H groups in total. The molecule has 0 radical (unpaired) electrons. The second-order valence-electron chi connectivity index (χ2n) is 5.69. The average molecular weight is 416 g/mol. The molecule has 0 bridgehead atoms. The summed E-state index contributed by atoms with van der Waals surface area (Å²) < 4.78 is 41.7. The summed E-state index contributed by atoms with van der Waals surface area (Å²) in [6.07, 6.45) is -4.69. The van der Waals surface area contributed by atoms with Gasteiger partial charge in [-0.25, -0.2) is 4.98 Å². The molecule has 25 heavy (non-hydrogen) atoms. The summed E-state index contributed by atoms with van der Waals surface area (Å²) in [7, 11) is 0. The summed E-state index contributed by atoms with van der Waals surface area (Å²) in [6.45, 7) is 3.39. The van der Waals surface area contributed by atoms with Crippen molar-refractivity contribution in [3.8, 4) is 5.75 Å². The van der Waals surface area contributed by atoms with Crippen molar-refractivity contribution in [1.82, 2.24) is 15.2 Å². The number of nitrogens with one attached hydrogen (secondary N) is 1. The van der Waals surface area contributed by atoms with Crippen molar-refractivity contribution in [2.24, 2.45) is 0 Å². The zero-order valence-corrected chi connectivity index (χ0v) is 14.8. The first-order valence-corrected chi connectivity index (χ1v) is 8.64. The van der Waals surface area contributed by atoms with Crippen LogP contribution in [0.25, 0.3) is 0 Å². The number of pyridine rings is 1. The van der Waals surface area contributed by atoms with Crippen molar-refractivity contribution in [3.05, 3.63) is 58.3 Å². The first-order valence-electron chi connectivity index (χ1n) is 7.85. The largest absolute Gasteiger partial charge is 0.573 e. The molecule has 1 atom stereocenters. The topological polar surface area (TPSA) is 37.4 Å². The Morgan fingerprint density at radius 3 is 2.36 bits per heavy atom. The maximum absolute atomic E-state index is 12.3. The van der Waals surface area contributed by atoms with E-state index in [0.29, 0.717) is 0 Å². The highest BCUT2D eigenvalue weighted by atomic mass is 79.9. The molecule has 1 fully saturated rings. The third-order valence-corrected chi connectivity index (χ3v) is 4.40. The van der Waals surface area contributed by atoms with Gasteiger partial charge < -0.3 is 10.1 Å². The van der Waals surface area contributed by atoms with Crippen molar-refractivity contribution in [2.75, 3.05) is 26.2 Å². The molecule has 0 saturated carbocycles. The van der Waals surface area contributed by atoms with Gasteiger partial charge in [0.05, 0.1) is 11.7 Å². The molecule has 1 aliphatic heterocycles. The monoisotopic (exact) mass is 415 g/mol. The summed E-state index contributed by atoms with van der Waals surface area (Å²) >= 11 is 3.38. The Labute approximate surface area is 152 Å². The van der Waals surface area contributed by atoms with Crippen molar-refractivity contribution in [3.63, 3.8) is 0 Å². The Balaban J connectivity index is 1.91. The molecular formula is C17H17BrF3N3O. The average Bonchev–Trinajstić information content (AvgIpc) is 2.56. The third kappa shape index (κ3) is 4.93. The lowest BCUT2D eigenvalue weighted by Crippen LogP contribution is -2.45. The fraction of sp³-hybridized carbons (Fsp3) is 0.353. The van der Waals surface area contributed by atoms with E-state index in [9.17, 15) is 13.2 Å². The Hall–Kier alpha value is -1.64. The number of alkyl halides is 3. The van der Waals surface area contributed by atoms with E-state index in [-0.39, 0.29) is 11.8 Å². The van der Waals surface area contributed by atoms with Crippen LogP contribution in [-0.2, 0) is 0 Å². The Morgan fingerprint density at radius 2 is 1.76 bits per heavy atom. The Morgan fingerprint density at radius 1 is 1.08 bits per heavy atom. The number of aromatic nitrogens is 1. The van der Waals surface area contributed by atoms with Crippen molar-refractivity contribution < 1.29 is 17.9 Å². The number of hydrogen-bond donors (Lipinski definition) is 1. The quantitative estimate of drug-likeness (QED) is 0.771. The van der Waals surface area contributed by atoms with Gasteiger partial charge in [-0.05, 0) is 45.8 Å². The second kappa shape index (κ2) is 7.72. The normalized spacial score (nSPS) is 17.3. The molecule has 0 spiro atoms. The summed E-state index contributed by atoms with van der Waals surface area (Å²) in [4.78, 5) is 6.82. The third-order valence-electron chi connectivity index (χ3n) is 3.96. The molecule has 0 aliphatic carbocycles. The first kappa shape index (κ1) is 18.2. The standard InChI is InChI=1S/C17H17BrF3N3O/c18-15-3-1-2-14(23-15)16(24-10-8-22-9-11-24)12-4-6-13(7-5-12)25-17(19,20)21/h1-7,16,22H,8-11H2/t16-/m0/s1. The van der Waals surface area contributed by atoms with E-state index in [1.54, 1.807) is 12.1 Å². The molecule has 1 aliphatic rings. The Kier molecular flexibility index (Phi) is 5.61. The highest BCUT2D eigenvalue weighted by Gasteiger charge is 2.31. The molecule has 1 aromatic carbocycles. The zero-order chi connectivity index (χ0) is 17.9. The SMILES string of the molecule is FC(F)(F)Oc1ccc([C@@H](c2cccc(Br)n2)N2CCNCC2)cc1. The number of rotatable bonds is 4. The molecule has 0 unspecified atom stereocenters. The van der Waals surface area contributed by atoms with Gasteiger partial charge in [-0.1, -0.05) is 18.2 Å². The van der Waals surface area contributed by atoms with Gasteiger partial charge in [0.1, 0.15) is 10.4 Å². The van der Waals surface area contributed by atoms with Crippen LogP contribution in [0.1, 0.15) is 17.3 Å². The van der Waals surface area contributed by atoms with E-state index in [1.165, 1.54) is 12.1 Å². The number of piperazine rings is 1. The zero-order valence-electron chi connectivity index (χ0n) is 13.3. The lowest BCUT2D eigenvalue weighted by Gasteiger charge is -2.35. The van der Waals surface area contributed by atoms with Gasteiger partial charge in [0, 0.05) is 26.2 Å². The Bertz CT molecular complexity index is 703. The molecule has 2 heterocycles. The van der Waals surface area contributed by atoms with E-state index < -0.39 is 6.36 Å². The van der Waals surface area contributed by atoms with Crippen LogP contribution in [0.4, 0.5) is 13.2 Å². The highest BCUT2D eigenvalue weighted by molar-refractivity contribution is 9.10. The minimum Gasteiger partial charge on any atom is -0.406 e. The summed E-state index contributed by atoms with van der Waals surface area (Å²) in [5.74, 6) is -0.225. The second-order valence-corrected chi connectivity index (χ2v) is 6.50. The molecule has 1 aromatic heterocycles. The van der Waals surface area contributed by atoms with Gasteiger partial charge in [-0.2, -0.15) is 0 Å². The predicted molar refractivity (Wildman–Crippen MR) is 91.3 cm³/mol. The molecule has 4 nitrogen and oxygen atoms in total. The van der Waals surface area contributed by atoms with Crippen LogP contribution in [-0.4, -0.2) is 42.4 Å². The molecule has 3 rings (SSSR count). The number of benzene rings is 1. The van der Waals surface area contributed by atoms with E-state index in [0.717, 1.165) is 42.0 Å². The van der Waals surface area contributed by atoms with E-state index in [1.807, 2.05) is 18.2 Å². The lowest BCUT2D eigenvalue weighted by molar-refractivity contribution is -0.274. The molecule has 1 saturated heterocycles.